The zero-order valence-electron chi connectivity index (χ0n) is 12.6. The molecule has 3 aromatic carbocycles. The molecule has 3 aromatic rings. The van der Waals surface area contributed by atoms with Crippen molar-refractivity contribution >= 4 is 27.8 Å². The van der Waals surface area contributed by atoms with E-state index in [0.29, 0.717) is 5.69 Å². The fourth-order valence-corrected chi connectivity index (χ4v) is 2.29. The summed E-state index contributed by atoms with van der Waals surface area (Å²) in [6.45, 7) is 0. The number of nitrogens with zero attached hydrogens (tertiary/aromatic N) is 3. The van der Waals surface area contributed by atoms with Crippen molar-refractivity contribution in [3.05, 3.63) is 60.7 Å². The predicted octanol–water partition coefficient (Wildman–Crippen LogP) is 5.03. The Bertz CT molecular complexity index is 841. The highest BCUT2D eigenvalue weighted by Gasteiger charge is 2.05. The summed E-state index contributed by atoms with van der Waals surface area (Å²) in [5.74, 6) is 0.131. The first-order chi connectivity index (χ1) is 10.6. The summed E-state index contributed by atoms with van der Waals surface area (Å²) in [5, 5.41) is 20.5. The lowest BCUT2D eigenvalue weighted by Crippen LogP contribution is -2.07. The van der Waals surface area contributed by atoms with Gasteiger partial charge < -0.3 is 10.0 Å². The third-order valence-corrected chi connectivity index (χ3v) is 3.49. The van der Waals surface area contributed by atoms with E-state index in [4.69, 9.17) is 0 Å². The predicted molar refractivity (Wildman–Crippen MR) is 90.6 cm³/mol. The van der Waals surface area contributed by atoms with Crippen molar-refractivity contribution in [3.8, 4) is 5.75 Å². The maximum absolute atomic E-state index is 10.1. The summed E-state index contributed by atoms with van der Waals surface area (Å²) in [5.41, 5.74) is 2.30. The Morgan fingerprint density at radius 1 is 0.864 bits per heavy atom. The topological polar surface area (TPSA) is 48.2 Å². The maximum atomic E-state index is 10.1. The van der Waals surface area contributed by atoms with Crippen LogP contribution in [0, 0.1) is 0 Å². The molecule has 4 heteroatoms. The van der Waals surface area contributed by atoms with Crippen molar-refractivity contribution < 1.29 is 5.11 Å². The highest BCUT2D eigenvalue weighted by molar-refractivity contribution is 5.95. The van der Waals surface area contributed by atoms with Gasteiger partial charge in [-0.05, 0) is 29.7 Å². The first-order valence-electron chi connectivity index (χ1n) is 7.05. The van der Waals surface area contributed by atoms with Gasteiger partial charge in [-0.1, -0.05) is 36.4 Å². The molecule has 0 aliphatic carbocycles. The lowest BCUT2D eigenvalue weighted by molar-refractivity contribution is 0.477. The van der Waals surface area contributed by atoms with Crippen LogP contribution < -0.4 is 4.90 Å². The van der Waals surface area contributed by atoms with E-state index in [0.717, 1.165) is 22.1 Å². The second kappa shape index (κ2) is 5.85. The van der Waals surface area contributed by atoms with Gasteiger partial charge >= 0.3 is 0 Å². The molecule has 22 heavy (non-hydrogen) atoms. The molecule has 0 atom stereocenters. The Kier molecular flexibility index (Phi) is 3.74. The molecule has 0 unspecified atom stereocenters. The summed E-state index contributed by atoms with van der Waals surface area (Å²) >= 11 is 0. The Balaban J connectivity index is 2.03. The molecule has 0 aromatic heterocycles. The first-order valence-corrected chi connectivity index (χ1v) is 7.05. The lowest BCUT2D eigenvalue weighted by atomic mass is 10.1. The zero-order valence-corrected chi connectivity index (χ0v) is 12.6. The zero-order chi connectivity index (χ0) is 15.5. The lowest BCUT2D eigenvalue weighted by Gasteiger charge is -2.11. The van der Waals surface area contributed by atoms with Gasteiger partial charge in [-0.25, -0.2) is 0 Å². The molecule has 0 spiro atoms. The van der Waals surface area contributed by atoms with Crippen molar-refractivity contribution in [2.24, 2.45) is 10.2 Å². The molecular formula is C18H17N3O. The van der Waals surface area contributed by atoms with Crippen LogP contribution >= 0.6 is 0 Å². The minimum atomic E-state index is 0.131. The number of anilines is 1. The Morgan fingerprint density at radius 3 is 2.50 bits per heavy atom. The molecule has 0 aliphatic heterocycles. The number of phenolic OH excluding ortho intramolecular Hbond substituents is 1. The monoisotopic (exact) mass is 291 g/mol. The summed E-state index contributed by atoms with van der Waals surface area (Å²) < 4.78 is 0. The van der Waals surface area contributed by atoms with E-state index >= 15 is 0 Å². The average Bonchev–Trinajstić information content (AvgIpc) is 2.54. The number of aromatic hydroxyl groups is 1. The average molecular weight is 291 g/mol. The van der Waals surface area contributed by atoms with Gasteiger partial charge in [-0.2, -0.15) is 5.11 Å². The molecule has 0 fully saturated rings. The van der Waals surface area contributed by atoms with Crippen molar-refractivity contribution in [3.63, 3.8) is 0 Å². The normalized spacial score (nSPS) is 11.2. The van der Waals surface area contributed by atoms with Crippen LogP contribution in [0.1, 0.15) is 0 Å². The van der Waals surface area contributed by atoms with Crippen LogP contribution in [0.25, 0.3) is 10.8 Å². The second-order valence-electron chi connectivity index (χ2n) is 5.27. The molecule has 3 rings (SSSR count). The fourth-order valence-electron chi connectivity index (χ4n) is 2.29. The van der Waals surface area contributed by atoms with E-state index < -0.39 is 0 Å². The first kappa shape index (κ1) is 14.1. The highest BCUT2D eigenvalue weighted by atomic mass is 16.3. The quantitative estimate of drug-likeness (QED) is 0.688. The smallest absolute Gasteiger partial charge is 0.143 e. The Morgan fingerprint density at radius 2 is 1.68 bits per heavy atom. The number of azo groups is 1. The maximum Gasteiger partial charge on any atom is 0.143 e. The van der Waals surface area contributed by atoms with Crippen molar-refractivity contribution in [2.75, 3.05) is 19.0 Å². The van der Waals surface area contributed by atoms with Crippen LogP contribution in [0.5, 0.6) is 5.75 Å². The number of phenols is 1. The van der Waals surface area contributed by atoms with E-state index in [1.165, 1.54) is 0 Å². The molecule has 110 valence electrons. The highest BCUT2D eigenvalue weighted by Crippen LogP contribution is 2.36. The molecule has 0 amide bonds. The van der Waals surface area contributed by atoms with Crippen LogP contribution in [-0.2, 0) is 0 Å². The molecule has 0 aliphatic rings. The van der Waals surface area contributed by atoms with Crippen molar-refractivity contribution in [1.82, 2.24) is 0 Å². The number of hydrogen-bond acceptors (Lipinski definition) is 4. The Labute approximate surface area is 129 Å². The van der Waals surface area contributed by atoms with Crippen molar-refractivity contribution in [2.45, 2.75) is 0 Å². The van der Waals surface area contributed by atoms with E-state index in [2.05, 4.69) is 10.2 Å². The SMILES string of the molecule is CN(C)c1cccc(N=Nc2c(O)ccc3ccccc23)c1. The molecule has 0 bridgehead atoms. The van der Waals surface area contributed by atoms with Gasteiger partial charge in [-0.15, -0.1) is 5.11 Å². The van der Waals surface area contributed by atoms with Crippen LogP contribution in [0.2, 0.25) is 0 Å². The van der Waals surface area contributed by atoms with Crippen LogP contribution in [0.4, 0.5) is 17.1 Å². The van der Waals surface area contributed by atoms with Gasteiger partial charge in [0.2, 0.25) is 0 Å². The van der Waals surface area contributed by atoms with E-state index in [1.807, 2.05) is 73.6 Å². The third-order valence-electron chi connectivity index (χ3n) is 3.49. The molecule has 0 saturated carbocycles. The molecular weight excluding hydrogens is 274 g/mol. The number of hydrogen-bond donors (Lipinski definition) is 1. The number of rotatable bonds is 3. The number of fused-ring (bicyclic) bond motifs is 1. The summed E-state index contributed by atoms with van der Waals surface area (Å²) in [6, 6.07) is 19.1. The molecule has 1 N–H and O–H groups in total. The van der Waals surface area contributed by atoms with Crippen LogP contribution in [-0.4, -0.2) is 19.2 Å². The fraction of sp³-hybridized carbons (Fsp3) is 0.111. The van der Waals surface area contributed by atoms with Gasteiger partial charge in [-0.3, -0.25) is 0 Å². The minimum absolute atomic E-state index is 0.131. The molecule has 0 radical (unpaired) electrons. The Hall–Kier alpha value is -2.88. The summed E-state index contributed by atoms with van der Waals surface area (Å²) in [4.78, 5) is 2.01. The molecule has 0 saturated heterocycles. The summed E-state index contributed by atoms with van der Waals surface area (Å²) in [7, 11) is 3.96. The van der Waals surface area contributed by atoms with Crippen molar-refractivity contribution in [1.29, 1.82) is 0 Å². The van der Waals surface area contributed by atoms with Gasteiger partial charge in [0.05, 0.1) is 5.69 Å². The van der Waals surface area contributed by atoms with Gasteiger partial charge in [0, 0.05) is 25.2 Å². The molecule has 4 nitrogen and oxygen atoms in total. The van der Waals surface area contributed by atoms with Gasteiger partial charge in [0.15, 0.2) is 0 Å². The third kappa shape index (κ3) is 2.76. The van der Waals surface area contributed by atoms with E-state index in [1.54, 1.807) is 6.07 Å². The minimum Gasteiger partial charge on any atom is -0.506 e. The van der Waals surface area contributed by atoms with E-state index in [-0.39, 0.29) is 5.75 Å². The summed E-state index contributed by atoms with van der Waals surface area (Å²) in [6.07, 6.45) is 0. The van der Waals surface area contributed by atoms with Crippen LogP contribution in [0.3, 0.4) is 0 Å². The largest absolute Gasteiger partial charge is 0.506 e. The number of benzene rings is 3. The molecule has 0 heterocycles. The van der Waals surface area contributed by atoms with Crippen LogP contribution in [0.15, 0.2) is 70.9 Å². The van der Waals surface area contributed by atoms with Gasteiger partial charge in [0.1, 0.15) is 11.4 Å². The standard InChI is InChI=1S/C18H17N3O/c1-21(2)15-8-5-7-14(12-15)19-20-18-16-9-4-3-6-13(16)10-11-17(18)22/h3-12,22H,1-2H3. The van der Waals surface area contributed by atoms with E-state index in [9.17, 15) is 5.11 Å². The second-order valence-corrected chi connectivity index (χ2v) is 5.27. The van der Waals surface area contributed by atoms with Gasteiger partial charge in [0.25, 0.3) is 0 Å².